The third kappa shape index (κ3) is 3.65. The molecule has 3 heteroatoms. The van der Waals surface area contributed by atoms with E-state index >= 15 is 0 Å². The van der Waals surface area contributed by atoms with Crippen LogP contribution in [0.2, 0.25) is 0 Å². The van der Waals surface area contributed by atoms with E-state index in [0.29, 0.717) is 0 Å². The molecular weight excluding hydrogens is 207 g/mol. The van der Waals surface area contributed by atoms with Crippen LogP contribution in [0.25, 0.3) is 0 Å². The van der Waals surface area contributed by atoms with E-state index in [1.54, 1.807) is 0 Å². The number of rotatable bonds is 6. The molecule has 4 unspecified atom stereocenters. The summed E-state index contributed by atoms with van der Waals surface area (Å²) in [5.41, 5.74) is 0. The summed E-state index contributed by atoms with van der Waals surface area (Å²) in [5.74, 6) is 0. The largest absolute Gasteiger partial charge is 0.366 e. The van der Waals surface area contributed by atoms with Gasteiger partial charge in [-0.25, -0.2) is 0 Å². The summed E-state index contributed by atoms with van der Waals surface area (Å²) >= 11 is 12.1. The molecule has 1 nitrogen and oxygen atoms in total. The van der Waals surface area contributed by atoms with Gasteiger partial charge in [-0.3, -0.25) is 0 Å². The number of unbranched alkanes of at least 4 members (excludes halogenated alkanes) is 2. The second-order valence-corrected chi connectivity index (χ2v) is 5.00. The van der Waals surface area contributed by atoms with Crippen LogP contribution in [0.5, 0.6) is 0 Å². The summed E-state index contributed by atoms with van der Waals surface area (Å²) < 4.78 is 5.41. The quantitative estimate of drug-likeness (QED) is 0.382. The first-order chi connectivity index (χ1) is 6.16. The Kier molecular flexibility index (Phi) is 4.85. The summed E-state index contributed by atoms with van der Waals surface area (Å²) in [6.45, 7) is 4.16. The van der Waals surface area contributed by atoms with Gasteiger partial charge in [0, 0.05) is 0 Å². The molecule has 1 saturated heterocycles. The van der Waals surface area contributed by atoms with E-state index < -0.39 is 0 Å². The lowest BCUT2D eigenvalue weighted by molar-refractivity contribution is 0.358. The minimum Gasteiger partial charge on any atom is -0.366 e. The number of hydrogen-bond acceptors (Lipinski definition) is 1. The lowest BCUT2D eigenvalue weighted by Gasteiger charge is -2.05. The molecule has 78 valence electrons. The Morgan fingerprint density at radius 2 is 1.92 bits per heavy atom. The molecule has 0 bridgehead atoms. The fourth-order valence-electron chi connectivity index (χ4n) is 1.55. The highest BCUT2D eigenvalue weighted by Crippen LogP contribution is 2.35. The van der Waals surface area contributed by atoms with Crippen LogP contribution in [0.1, 0.15) is 39.5 Å². The van der Waals surface area contributed by atoms with Crippen molar-refractivity contribution in [1.82, 2.24) is 0 Å². The molecule has 0 aliphatic carbocycles. The number of alkyl halides is 2. The fraction of sp³-hybridized carbons (Fsp3) is 1.00. The molecule has 0 spiro atoms. The van der Waals surface area contributed by atoms with Crippen molar-refractivity contribution in [3.63, 3.8) is 0 Å². The summed E-state index contributed by atoms with van der Waals surface area (Å²) in [5, 5.41) is 0.259. The first-order valence-corrected chi connectivity index (χ1v) is 5.97. The van der Waals surface area contributed by atoms with Gasteiger partial charge in [-0.2, -0.15) is 0 Å². The molecular formula is C10H18Cl2O. The standard InChI is InChI=1S/C10H18Cl2O/c1-3-4-5-6-8(12)10-9(13-10)7(2)11/h7-10H,3-6H2,1-2H3. The van der Waals surface area contributed by atoms with E-state index in [4.69, 9.17) is 27.9 Å². The van der Waals surface area contributed by atoms with Crippen LogP contribution in [-0.2, 0) is 4.74 Å². The summed E-state index contributed by atoms with van der Waals surface area (Å²) in [4.78, 5) is 0. The maximum atomic E-state index is 6.17. The second-order valence-electron chi connectivity index (χ2n) is 3.75. The molecule has 0 saturated carbocycles. The Bertz CT molecular complexity index is 150. The van der Waals surface area contributed by atoms with Crippen LogP contribution in [0, 0.1) is 0 Å². The average molecular weight is 225 g/mol. The van der Waals surface area contributed by atoms with Crippen molar-refractivity contribution in [1.29, 1.82) is 0 Å². The molecule has 0 aromatic carbocycles. The van der Waals surface area contributed by atoms with E-state index in [0.717, 1.165) is 6.42 Å². The number of hydrogen-bond donors (Lipinski definition) is 0. The van der Waals surface area contributed by atoms with Crippen molar-refractivity contribution in [2.24, 2.45) is 0 Å². The van der Waals surface area contributed by atoms with Gasteiger partial charge in [0.15, 0.2) is 0 Å². The molecule has 0 N–H and O–H groups in total. The molecule has 0 radical (unpaired) electrons. The van der Waals surface area contributed by atoms with Gasteiger partial charge in [-0.05, 0) is 13.3 Å². The van der Waals surface area contributed by atoms with Gasteiger partial charge >= 0.3 is 0 Å². The van der Waals surface area contributed by atoms with Crippen molar-refractivity contribution in [3.05, 3.63) is 0 Å². The van der Waals surface area contributed by atoms with Crippen LogP contribution in [0.15, 0.2) is 0 Å². The molecule has 1 rings (SSSR count). The SMILES string of the molecule is CCCCCC(Cl)C1OC1C(C)Cl. The molecule has 1 fully saturated rings. The number of halogens is 2. The average Bonchev–Trinajstić information content (AvgIpc) is 2.83. The minimum atomic E-state index is 0.0948. The molecule has 0 aromatic heterocycles. The lowest BCUT2D eigenvalue weighted by atomic mass is 10.1. The zero-order chi connectivity index (χ0) is 9.84. The monoisotopic (exact) mass is 224 g/mol. The van der Waals surface area contributed by atoms with Crippen LogP contribution in [-0.4, -0.2) is 23.0 Å². The summed E-state index contributed by atoms with van der Waals surface area (Å²) in [6, 6.07) is 0. The molecule has 1 heterocycles. The number of epoxide rings is 1. The van der Waals surface area contributed by atoms with E-state index in [9.17, 15) is 0 Å². The zero-order valence-electron chi connectivity index (χ0n) is 8.30. The van der Waals surface area contributed by atoms with Crippen LogP contribution < -0.4 is 0 Å². The Morgan fingerprint density at radius 1 is 1.23 bits per heavy atom. The van der Waals surface area contributed by atoms with Gasteiger partial charge in [-0.15, -0.1) is 23.2 Å². The van der Waals surface area contributed by atoms with E-state index in [1.165, 1.54) is 19.3 Å². The van der Waals surface area contributed by atoms with Crippen LogP contribution >= 0.6 is 23.2 Å². The molecule has 1 aliphatic heterocycles. The molecule has 4 atom stereocenters. The highest BCUT2D eigenvalue weighted by Gasteiger charge is 2.46. The predicted octanol–water partition coefficient (Wildman–Crippen LogP) is 3.57. The van der Waals surface area contributed by atoms with Gasteiger partial charge in [-0.1, -0.05) is 26.2 Å². The van der Waals surface area contributed by atoms with Crippen molar-refractivity contribution >= 4 is 23.2 Å². The van der Waals surface area contributed by atoms with Crippen molar-refractivity contribution in [2.75, 3.05) is 0 Å². The molecule has 0 aromatic rings. The summed E-state index contributed by atoms with van der Waals surface area (Å²) in [7, 11) is 0. The topological polar surface area (TPSA) is 12.5 Å². The highest BCUT2D eigenvalue weighted by atomic mass is 35.5. The van der Waals surface area contributed by atoms with E-state index in [-0.39, 0.29) is 23.0 Å². The van der Waals surface area contributed by atoms with Gasteiger partial charge < -0.3 is 4.74 Å². The van der Waals surface area contributed by atoms with Crippen LogP contribution in [0.3, 0.4) is 0 Å². The number of ether oxygens (including phenoxy) is 1. The summed E-state index contributed by atoms with van der Waals surface area (Å²) in [6.07, 6.45) is 5.17. The van der Waals surface area contributed by atoms with Crippen molar-refractivity contribution in [3.8, 4) is 0 Å². The third-order valence-corrected chi connectivity index (χ3v) is 3.17. The fourth-order valence-corrected chi connectivity index (χ4v) is 2.11. The second kappa shape index (κ2) is 5.43. The predicted molar refractivity (Wildman–Crippen MR) is 57.8 cm³/mol. The van der Waals surface area contributed by atoms with Gasteiger partial charge in [0.1, 0.15) is 12.2 Å². The lowest BCUT2D eigenvalue weighted by Crippen LogP contribution is -2.14. The highest BCUT2D eigenvalue weighted by molar-refractivity contribution is 6.22. The van der Waals surface area contributed by atoms with Gasteiger partial charge in [0.05, 0.1) is 10.8 Å². The zero-order valence-corrected chi connectivity index (χ0v) is 9.81. The normalized spacial score (nSPS) is 31.4. The van der Waals surface area contributed by atoms with Crippen LogP contribution in [0.4, 0.5) is 0 Å². The maximum Gasteiger partial charge on any atom is 0.102 e. The third-order valence-electron chi connectivity index (χ3n) is 2.45. The Labute approximate surface area is 90.7 Å². The molecule has 1 aliphatic rings. The van der Waals surface area contributed by atoms with Crippen molar-refractivity contribution in [2.45, 2.75) is 62.5 Å². The minimum absolute atomic E-state index is 0.0948. The molecule has 0 amide bonds. The first kappa shape index (κ1) is 11.6. The Hall–Kier alpha value is 0.540. The Balaban J connectivity index is 2.09. The van der Waals surface area contributed by atoms with Gasteiger partial charge in [0.2, 0.25) is 0 Å². The Morgan fingerprint density at radius 3 is 2.38 bits per heavy atom. The first-order valence-electron chi connectivity index (χ1n) is 5.10. The van der Waals surface area contributed by atoms with E-state index in [1.807, 2.05) is 6.92 Å². The maximum absolute atomic E-state index is 6.17. The van der Waals surface area contributed by atoms with E-state index in [2.05, 4.69) is 6.92 Å². The molecule has 13 heavy (non-hydrogen) atoms. The smallest absolute Gasteiger partial charge is 0.102 e. The van der Waals surface area contributed by atoms with Gasteiger partial charge in [0.25, 0.3) is 0 Å². The van der Waals surface area contributed by atoms with Crippen molar-refractivity contribution < 1.29 is 4.74 Å².